The van der Waals surface area contributed by atoms with Gasteiger partial charge in [0.2, 0.25) is 5.91 Å². The van der Waals surface area contributed by atoms with E-state index in [9.17, 15) is 4.79 Å². The minimum Gasteiger partial charge on any atom is -0.481 e. The van der Waals surface area contributed by atoms with E-state index in [0.717, 1.165) is 29.8 Å². The molecule has 1 aliphatic rings. The third-order valence-corrected chi connectivity index (χ3v) is 4.54. The number of carboxylic acid groups (broad SMARTS) is 1. The molecule has 2 aromatic rings. The van der Waals surface area contributed by atoms with Gasteiger partial charge in [0, 0.05) is 29.4 Å². The van der Waals surface area contributed by atoms with Crippen LogP contribution in [-0.2, 0) is 9.59 Å². The number of benzene rings is 2. The van der Waals surface area contributed by atoms with Crippen LogP contribution in [0.3, 0.4) is 0 Å². The van der Waals surface area contributed by atoms with Crippen molar-refractivity contribution in [1.82, 2.24) is 4.90 Å². The first-order chi connectivity index (χ1) is 14.2. The van der Waals surface area contributed by atoms with Gasteiger partial charge in [-0.05, 0) is 56.5 Å². The third kappa shape index (κ3) is 11.2. The van der Waals surface area contributed by atoms with E-state index in [1.54, 1.807) is 0 Å². The summed E-state index contributed by atoms with van der Waals surface area (Å²) < 4.78 is 0. The van der Waals surface area contributed by atoms with E-state index in [4.69, 9.17) is 33.1 Å². The summed E-state index contributed by atoms with van der Waals surface area (Å²) in [6.45, 7) is 9.23. The molecular formula is C24H33Cl2NO3. The number of rotatable bonds is 2. The first kappa shape index (κ1) is 28.0. The Morgan fingerprint density at radius 3 is 1.87 bits per heavy atom. The molecule has 1 aliphatic heterocycles. The van der Waals surface area contributed by atoms with Gasteiger partial charge in [0.1, 0.15) is 0 Å². The number of nitrogens with zero attached hydrogens (tertiary/aromatic N) is 1. The SMILES string of the molecule is CC.CC(=O)O.CC(C)N1C(=O)CCCC1c1ccc(Cl)cc1.Clc1ccccc1. The summed E-state index contributed by atoms with van der Waals surface area (Å²) in [5.74, 6) is -0.564. The molecule has 0 spiro atoms. The van der Waals surface area contributed by atoms with Gasteiger partial charge in [-0.3, -0.25) is 9.59 Å². The van der Waals surface area contributed by atoms with Crippen molar-refractivity contribution >= 4 is 35.1 Å². The molecule has 3 rings (SSSR count). The largest absolute Gasteiger partial charge is 0.481 e. The predicted molar refractivity (Wildman–Crippen MR) is 126 cm³/mol. The minimum atomic E-state index is -0.833. The average Bonchev–Trinajstić information content (AvgIpc) is 2.70. The highest BCUT2D eigenvalue weighted by Gasteiger charge is 2.30. The van der Waals surface area contributed by atoms with Crippen molar-refractivity contribution in [3.63, 3.8) is 0 Å². The molecule has 1 N–H and O–H groups in total. The lowest BCUT2D eigenvalue weighted by Gasteiger charge is -2.39. The zero-order valence-electron chi connectivity index (χ0n) is 18.4. The van der Waals surface area contributed by atoms with E-state index >= 15 is 0 Å². The van der Waals surface area contributed by atoms with Crippen molar-refractivity contribution in [2.45, 2.75) is 66.0 Å². The van der Waals surface area contributed by atoms with Crippen LogP contribution in [0.4, 0.5) is 0 Å². The average molecular weight is 454 g/mol. The van der Waals surface area contributed by atoms with Crippen molar-refractivity contribution in [2.75, 3.05) is 0 Å². The number of carbonyl (C=O) groups is 2. The summed E-state index contributed by atoms with van der Waals surface area (Å²) in [5.41, 5.74) is 1.19. The highest BCUT2D eigenvalue weighted by Crippen LogP contribution is 2.33. The number of hydrogen-bond acceptors (Lipinski definition) is 2. The number of piperidine rings is 1. The van der Waals surface area contributed by atoms with Crippen LogP contribution in [0.2, 0.25) is 10.0 Å². The second kappa shape index (κ2) is 15.8. The maximum atomic E-state index is 12.0. The molecule has 4 nitrogen and oxygen atoms in total. The minimum absolute atomic E-state index is 0.216. The normalized spacial score (nSPS) is 15.0. The van der Waals surface area contributed by atoms with Crippen molar-refractivity contribution in [3.8, 4) is 0 Å². The molecule has 1 saturated heterocycles. The smallest absolute Gasteiger partial charge is 0.300 e. The Labute approximate surface area is 190 Å². The number of amides is 1. The van der Waals surface area contributed by atoms with Crippen LogP contribution in [0.25, 0.3) is 0 Å². The first-order valence-corrected chi connectivity index (χ1v) is 10.9. The van der Waals surface area contributed by atoms with Gasteiger partial charge in [0.15, 0.2) is 0 Å². The van der Waals surface area contributed by atoms with Crippen LogP contribution in [0.1, 0.15) is 65.5 Å². The molecule has 0 bridgehead atoms. The molecule has 1 heterocycles. The van der Waals surface area contributed by atoms with Crippen LogP contribution < -0.4 is 0 Å². The van der Waals surface area contributed by atoms with Crippen molar-refractivity contribution in [3.05, 3.63) is 70.2 Å². The highest BCUT2D eigenvalue weighted by molar-refractivity contribution is 6.30. The lowest BCUT2D eigenvalue weighted by atomic mass is 9.93. The first-order valence-electron chi connectivity index (χ1n) is 10.2. The fourth-order valence-electron chi connectivity index (χ4n) is 2.96. The maximum absolute atomic E-state index is 12.0. The summed E-state index contributed by atoms with van der Waals surface area (Å²) in [6, 6.07) is 17.8. The summed E-state index contributed by atoms with van der Waals surface area (Å²) in [7, 11) is 0. The van der Waals surface area contributed by atoms with Crippen LogP contribution in [0, 0.1) is 0 Å². The van der Waals surface area contributed by atoms with Crippen molar-refractivity contribution < 1.29 is 14.7 Å². The fraction of sp³-hybridized carbons (Fsp3) is 0.417. The summed E-state index contributed by atoms with van der Waals surface area (Å²) >= 11 is 11.4. The van der Waals surface area contributed by atoms with Gasteiger partial charge in [-0.1, -0.05) is 67.4 Å². The molecule has 6 heteroatoms. The molecule has 0 aliphatic carbocycles. The van der Waals surface area contributed by atoms with Gasteiger partial charge in [-0.15, -0.1) is 0 Å². The lowest BCUT2D eigenvalue weighted by molar-refractivity contribution is -0.139. The van der Waals surface area contributed by atoms with E-state index in [1.165, 1.54) is 5.56 Å². The molecular weight excluding hydrogens is 421 g/mol. The topological polar surface area (TPSA) is 57.6 Å². The number of hydrogen-bond donors (Lipinski definition) is 1. The molecule has 0 saturated carbocycles. The van der Waals surface area contributed by atoms with Gasteiger partial charge in [0.25, 0.3) is 5.97 Å². The third-order valence-electron chi connectivity index (χ3n) is 4.04. The summed E-state index contributed by atoms with van der Waals surface area (Å²) in [6.07, 6.45) is 2.71. The van der Waals surface area contributed by atoms with E-state index < -0.39 is 5.97 Å². The molecule has 1 amide bonds. The Bertz CT molecular complexity index is 730. The Morgan fingerprint density at radius 2 is 1.47 bits per heavy atom. The van der Waals surface area contributed by atoms with Gasteiger partial charge < -0.3 is 10.0 Å². The number of aliphatic carboxylic acids is 1. The molecule has 166 valence electrons. The van der Waals surface area contributed by atoms with Crippen LogP contribution in [0.15, 0.2) is 54.6 Å². The van der Waals surface area contributed by atoms with Gasteiger partial charge >= 0.3 is 0 Å². The number of likely N-dealkylation sites (tertiary alicyclic amines) is 1. The fourth-order valence-corrected chi connectivity index (χ4v) is 3.23. The molecule has 1 fully saturated rings. The Morgan fingerprint density at radius 1 is 1.00 bits per heavy atom. The second-order valence-corrected chi connectivity index (χ2v) is 7.54. The molecule has 0 radical (unpaired) electrons. The Kier molecular flexibility index (Phi) is 14.7. The number of carbonyl (C=O) groups excluding carboxylic acids is 1. The monoisotopic (exact) mass is 453 g/mol. The van der Waals surface area contributed by atoms with Crippen molar-refractivity contribution in [1.29, 1.82) is 0 Å². The quantitative estimate of drug-likeness (QED) is 0.520. The Balaban J connectivity index is 0.000000534. The van der Waals surface area contributed by atoms with Gasteiger partial charge in [-0.25, -0.2) is 0 Å². The predicted octanol–water partition coefficient (Wildman–Crippen LogP) is 7.26. The van der Waals surface area contributed by atoms with E-state index in [2.05, 4.69) is 13.8 Å². The second-order valence-electron chi connectivity index (χ2n) is 6.67. The molecule has 1 unspecified atom stereocenters. The molecule has 1 atom stereocenters. The van der Waals surface area contributed by atoms with E-state index in [0.29, 0.717) is 6.42 Å². The van der Waals surface area contributed by atoms with Crippen molar-refractivity contribution in [2.24, 2.45) is 0 Å². The van der Waals surface area contributed by atoms with Crippen LogP contribution in [-0.4, -0.2) is 27.9 Å². The van der Waals surface area contributed by atoms with Crippen LogP contribution in [0.5, 0.6) is 0 Å². The number of carboxylic acids is 1. The standard InChI is InChI=1S/C14H18ClNO.C6H5Cl.C2H4O2.C2H6/c1-10(2)16-13(4-3-5-14(16)17)11-6-8-12(15)9-7-11;7-6-4-2-1-3-5-6;1-2(3)4;1-2/h6-10,13H,3-5H2,1-2H3;1-5H;1H3,(H,3,4);1-2H3. The zero-order chi connectivity index (χ0) is 23.1. The van der Waals surface area contributed by atoms with Gasteiger partial charge in [0.05, 0.1) is 6.04 Å². The van der Waals surface area contributed by atoms with Crippen LogP contribution >= 0.6 is 23.2 Å². The summed E-state index contributed by atoms with van der Waals surface area (Å²) in [4.78, 5) is 23.0. The molecule has 30 heavy (non-hydrogen) atoms. The lowest BCUT2D eigenvalue weighted by Crippen LogP contribution is -2.42. The number of halogens is 2. The maximum Gasteiger partial charge on any atom is 0.300 e. The van der Waals surface area contributed by atoms with E-state index in [1.807, 2.05) is 73.3 Å². The Hall–Kier alpha value is -2.04. The van der Waals surface area contributed by atoms with E-state index in [-0.39, 0.29) is 18.0 Å². The molecule has 2 aromatic carbocycles. The van der Waals surface area contributed by atoms with Gasteiger partial charge in [-0.2, -0.15) is 0 Å². The molecule has 0 aromatic heterocycles. The highest BCUT2D eigenvalue weighted by atomic mass is 35.5. The zero-order valence-corrected chi connectivity index (χ0v) is 20.0. The summed E-state index contributed by atoms with van der Waals surface area (Å²) in [5, 5.41) is 8.95.